The number of ether oxygens (including phenoxy) is 1. The molecule has 0 amide bonds. The van der Waals surface area contributed by atoms with E-state index in [-0.39, 0.29) is 17.7 Å². The number of rotatable bonds is 5. The maximum absolute atomic E-state index is 12.1. The van der Waals surface area contributed by atoms with E-state index in [9.17, 15) is 13.2 Å². The summed E-state index contributed by atoms with van der Waals surface area (Å²) in [6.45, 7) is 7.73. The van der Waals surface area contributed by atoms with Gasteiger partial charge in [-0.1, -0.05) is 0 Å². The standard InChI is InChI=1S/C14H25F3N2O/c1-12(2)8-18-13(3,11-4-5-11)9-19(12)6-7-20-10-14(15,16)17/h11,18H,4-10H2,1-3H3. The van der Waals surface area contributed by atoms with Crippen LogP contribution in [0.4, 0.5) is 13.2 Å². The maximum Gasteiger partial charge on any atom is 0.411 e. The van der Waals surface area contributed by atoms with Gasteiger partial charge in [-0.15, -0.1) is 0 Å². The molecule has 2 rings (SSSR count). The van der Waals surface area contributed by atoms with Gasteiger partial charge in [0, 0.05) is 30.7 Å². The van der Waals surface area contributed by atoms with E-state index in [4.69, 9.17) is 4.74 Å². The first kappa shape index (κ1) is 16.0. The largest absolute Gasteiger partial charge is 0.411 e. The lowest BCUT2D eigenvalue weighted by Gasteiger charge is -2.51. The van der Waals surface area contributed by atoms with Crippen LogP contribution in [0.25, 0.3) is 0 Å². The van der Waals surface area contributed by atoms with E-state index in [0.717, 1.165) is 13.1 Å². The number of nitrogens with one attached hydrogen (secondary N) is 1. The topological polar surface area (TPSA) is 24.5 Å². The lowest BCUT2D eigenvalue weighted by Crippen LogP contribution is -2.68. The molecule has 0 aromatic rings. The Kier molecular flexibility index (Phi) is 4.38. The van der Waals surface area contributed by atoms with Crippen molar-refractivity contribution in [1.29, 1.82) is 0 Å². The van der Waals surface area contributed by atoms with Crippen molar-refractivity contribution in [1.82, 2.24) is 10.2 Å². The third kappa shape index (κ3) is 4.09. The van der Waals surface area contributed by atoms with E-state index >= 15 is 0 Å². The van der Waals surface area contributed by atoms with E-state index in [1.54, 1.807) is 0 Å². The van der Waals surface area contributed by atoms with Gasteiger partial charge in [0.05, 0.1) is 6.61 Å². The second-order valence-corrected chi connectivity index (χ2v) is 6.95. The third-order valence-electron chi connectivity index (χ3n) is 4.55. The highest BCUT2D eigenvalue weighted by molar-refractivity contribution is 5.06. The van der Waals surface area contributed by atoms with E-state index in [0.29, 0.717) is 12.5 Å². The zero-order valence-electron chi connectivity index (χ0n) is 12.5. The Balaban J connectivity index is 1.83. The van der Waals surface area contributed by atoms with E-state index < -0.39 is 12.8 Å². The molecule has 1 saturated heterocycles. The Hall–Kier alpha value is -0.330. The minimum atomic E-state index is -4.23. The summed E-state index contributed by atoms with van der Waals surface area (Å²) in [5.41, 5.74) is 0.0511. The summed E-state index contributed by atoms with van der Waals surface area (Å²) in [6, 6.07) is 0. The van der Waals surface area contributed by atoms with Gasteiger partial charge in [-0.25, -0.2) is 0 Å². The van der Waals surface area contributed by atoms with Gasteiger partial charge in [0.15, 0.2) is 0 Å². The number of piperazine rings is 1. The van der Waals surface area contributed by atoms with Crippen molar-refractivity contribution in [2.75, 3.05) is 32.8 Å². The first-order valence-corrected chi connectivity index (χ1v) is 7.27. The average Bonchev–Trinajstić information content (AvgIpc) is 3.12. The molecule has 1 aliphatic heterocycles. The van der Waals surface area contributed by atoms with Crippen molar-refractivity contribution in [2.45, 2.75) is 50.9 Å². The highest BCUT2D eigenvalue weighted by Crippen LogP contribution is 2.42. The smallest absolute Gasteiger partial charge is 0.371 e. The number of nitrogens with zero attached hydrogens (tertiary/aromatic N) is 1. The summed E-state index contributed by atoms with van der Waals surface area (Å²) in [5, 5.41) is 3.63. The van der Waals surface area contributed by atoms with E-state index in [1.165, 1.54) is 12.8 Å². The normalized spacial score (nSPS) is 31.5. The molecule has 2 fully saturated rings. The lowest BCUT2D eigenvalue weighted by molar-refractivity contribution is -0.175. The third-order valence-corrected chi connectivity index (χ3v) is 4.55. The maximum atomic E-state index is 12.1. The zero-order chi connectivity index (χ0) is 15.0. The molecular formula is C14H25F3N2O. The highest BCUT2D eigenvalue weighted by Gasteiger charge is 2.47. The number of halogens is 3. The van der Waals surface area contributed by atoms with Crippen molar-refractivity contribution in [3.8, 4) is 0 Å². The molecule has 0 bridgehead atoms. The Morgan fingerprint density at radius 3 is 2.45 bits per heavy atom. The van der Waals surface area contributed by atoms with Gasteiger partial charge in [0.2, 0.25) is 0 Å². The second kappa shape index (κ2) is 5.46. The first-order valence-electron chi connectivity index (χ1n) is 7.27. The molecule has 20 heavy (non-hydrogen) atoms. The van der Waals surface area contributed by atoms with Crippen LogP contribution in [0.5, 0.6) is 0 Å². The summed E-state index contributed by atoms with van der Waals surface area (Å²) in [7, 11) is 0. The summed E-state index contributed by atoms with van der Waals surface area (Å²) < 4.78 is 40.9. The molecule has 1 N–H and O–H groups in total. The molecule has 0 aromatic heterocycles. The molecule has 118 valence electrons. The average molecular weight is 294 g/mol. The molecule has 0 aromatic carbocycles. The molecule has 1 unspecified atom stereocenters. The molecule has 2 aliphatic rings. The summed E-state index contributed by atoms with van der Waals surface area (Å²) in [4.78, 5) is 2.26. The van der Waals surface area contributed by atoms with Gasteiger partial charge in [-0.05, 0) is 39.5 Å². The zero-order valence-corrected chi connectivity index (χ0v) is 12.5. The molecule has 0 spiro atoms. The van der Waals surface area contributed by atoms with Crippen LogP contribution in [0.15, 0.2) is 0 Å². The van der Waals surface area contributed by atoms with Crippen LogP contribution in [-0.4, -0.2) is 55.0 Å². The molecular weight excluding hydrogens is 269 g/mol. The molecule has 0 radical (unpaired) electrons. The number of hydrogen-bond acceptors (Lipinski definition) is 3. The number of hydrogen-bond donors (Lipinski definition) is 1. The van der Waals surface area contributed by atoms with Crippen molar-refractivity contribution >= 4 is 0 Å². The summed E-state index contributed by atoms with van der Waals surface area (Å²) >= 11 is 0. The number of alkyl halides is 3. The predicted octanol–water partition coefficient (Wildman–Crippen LogP) is 2.42. The monoisotopic (exact) mass is 294 g/mol. The molecule has 1 heterocycles. The van der Waals surface area contributed by atoms with Gasteiger partial charge in [0.25, 0.3) is 0 Å². The van der Waals surface area contributed by atoms with Crippen LogP contribution in [0.3, 0.4) is 0 Å². The Morgan fingerprint density at radius 1 is 1.25 bits per heavy atom. The minimum absolute atomic E-state index is 0.0456. The van der Waals surface area contributed by atoms with Crippen molar-refractivity contribution in [3.05, 3.63) is 0 Å². The fourth-order valence-electron chi connectivity index (χ4n) is 2.93. The molecule has 1 atom stereocenters. The van der Waals surface area contributed by atoms with E-state index in [1.807, 2.05) is 0 Å². The van der Waals surface area contributed by atoms with Gasteiger partial charge in [0.1, 0.15) is 6.61 Å². The SMILES string of the molecule is CC1(C2CC2)CN(CCOCC(F)(F)F)C(C)(C)CN1. The second-order valence-electron chi connectivity index (χ2n) is 6.95. The van der Waals surface area contributed by atoms with Crippen LogP contribution < -0.4 is 5.32 Å². The minimum Gasteiger partial charge on any atom is -0.371 e. The van der Waals surface area contributed by atoms with Crippen LogP contribution >= 0.6 is 0 Å². The first-order chi connectivity index (χ1) is 9.12. The summed E-state index contributed by atoms with van der Waals surface area (Å²) in [6.07, 6.45) is -1.73. The fourth-order valence-corrected chi connectivity index (χ4v) is 2.93. The van der Waals surface area contributed by atoms with Gasteiger partial charge in [-0.3, -0.25) is 4.90 Å². The van der Waals surface area contributed by atoms with Crippen LogP contribution in [-0.2, 0) is 4.74 Å². The lowest BCUT2D eigenvalue weighted by atomic mass is 9.86. The van der Waals surface area contributed by atoms with Crippen molar-refractivity contribution < 1.29 is 17.9 Å². The Bertz CT molecular complexity index is 342. The van der Waals surface area contributed by atoms with Gasteiger partial charge < -0.3 is 10.1 Å². The fraction of sp³-hybridized carbons (Fsp3) is 1.00. The highest BCUT2D eigenvalue weighted by atomic mass is 19.4. The predicted molar refractivity (Wildman–Crippen MR) is 71.7 cm³/mol. The summed E-state index contributed by atoms with van der Waals surface area (Å²) in [5.74, 6) is 0.706. The van der Waals surface area contributed by atoms with Crippen LogP contribution in [0, 0.1) is 5.92 Å². The van der Waals surface area contributed by atoms with Crippen LogP contribution in [0.2, 0.25) is 0 Å². The molecule has 6 heteroatoms. The Labute approximate surface area is 118 Å². The van der Waals surface area contributed by atoms with Gasteiger partial charge in [-0.2, -0.15) is 13.2 Å². The molecule has 1 aliphatic carbocycles. The van der Waals surface area contributed by atoms with Gasteiger partial charge >= 0.3 is 6.18 Å². The molecule has 3 nitrogen and oxygen atoms in total. The molecule has 1 saturated carbocycles. The van der Waals surface area contributed by atoms with E-state index in [2.05, 4.69) is 31.0 Å². The quantitative estimate of drug-likeness (QED) is 0.788. The van der Waals surface area contributed by atoms with Crippen LogP contribution in [0.1, 0.15) is 33.6 Å². The Morgan fingerprint density at radius 2 is 1.90 bits per heavy atom. The van der Waals surface area contributed by atoms with Crippen molar-refractivity contribution in [2.24, 2.45) is 5.92 Å². The van der Waals surface area contributed by atoms with Crippen molar-refractivity contribution in [3.63, 3.8) is 0 Å².